The molecule has 0 amide bonds. The van der Waals surface area contributed by atoms with E-state index in [0.717, 1.165) is 22.2 Å². The third-order valence-corrected chi connectivity index (χ3v) is 2.84. The minimum absolute atomic E-state index is 0.442. The Kier molecular flexibility index (Phi) is 1.98. The molecule has 0 saturated heterocycles. The highest BCUT2D eigenvalue weighted by molar-refractivity contribution is 7.16. The molecule has 2 aromatic rings. The molecular formula is C6H7ClN4S. The van der Waals surface area contributed by atoms with Gasteiger partial charge in [-0.05, 0) is 0 Å². The predicted octanol–water partition coefficient (Wildman–Crippen LogP) is 1.49. The second-order valence-corrected chi connectivity index (χ2v) is 3.60. The standard InChI is InChI=1S/C6H7ClN4S/c1-2-4-8-9-6-11(4)10-5(3-7)12-6/h2-3H2,1H3. The van der Waals surface area contributed by atoms with E-state index >= 15 is 0 Å². The van der Waals surface area contributed by atoms with Crippen molar-refractivity contribution >= 4 is 27.9 Å². The molecule has 0 atom stereocenters. The second-order valence-electron chi connectivity index (χ2n) is 2.29. The first-order valence-electron chi connectivity index (χ1n) is 3.61. The van der Waals surface area contributed by atoms with E-state index < -0.39 is 0 Å². The minimum atomic E-state index is 0.442. The average Bonchev–Trinajstić information content (AvgIpc) is 2.61. The number of nitrogens with zero attached hydrogens (tertiary/aromatic N) is 4. The van der Waals surface area contributed by atoms with Crippen molar-refractivity contribution in [3.63, 3.8) is 0 Å². The Labute approximate surface area is 78.2 Å². The van der Waals surface area contributed by atoms with E-state index in [9.17, 15) is 0 Å². The van der Waals surface area contributed by atoms with Gasteiger partial charge in [0.25, 0.3) is 0 Å². The van der Waals surface area contributed by atoms with Crippen LogP contribution in [0.2, 0.25) is 0 Å². The SMILES string of the molecule is CCc1nnc2sc(CCl)nn12. The third-order valence-electron chi connectivity index (χ3n) is 1.53. The van der Waals surface area contributed by atoms with Crippen LogP contribution in [0, 0.1) is 0 Å². The van der Waals surface area contributed by atoms with Gasteiger partial charge in [-0.25, -0.2) is 0 Å². The van der Waals surface area contributed by atoms with Crippen LogP contribution in [0.15, 0.2) is 0 Å². The van der Waals surface area contributed by atoms with Gasteiger partial charge < -0.3 is 0 Å². The maximum absolute atomic E-state index is 5.64. The number of fused-ring (bicyclic) bond motifs is 1. The lowest BCUT2D eigenvalue weighted by atomic mass is 10.5. The van der Waals surface area contributed by atoms with Crippen molar-refractivity contribution in [2.45, 2.75) is 19.2 Å². The van der Waals surface area contributed by atoms with E-state index in [-0.39, 0.29) is 0 Å². The highest BCUT2D eigenvalue weighted by Gasteiger charge is 2.08. The largest absolute Gasteiger partial charge is 0.234 e. The molecule has 12 heavy (non-hydrogen) atoms. The smallest absolute Gasteiger partial charge is 0.187 e. The van der Waals surface area contributed by atoms with Crippen LogP contribution >= 0.6 is 22.9 Å². The van der Waals surface area contributed by atoms with Crippen LogP contribution in [-0.4, -0.2) is 19.8 Å². The van der Waals surface area contributed by atoms with E-state index in [1.807, 2.05) is 6.92 Å². The Balaban J connectivity index is 2.60. The summed E-state index contributed by atoms with van der Waals surface area (Å²) < 4.78 is 1.75. The number of hydrogen-bond acceptors (Lipinski definition) is 4. The summed E-state index contributed by atoms with van der Waals surface area (Å²) >= 11 is 7.12. The fraction of sp³-hybridized carbons (Fsp3) is 0.500. The molecule has 64 valence electrons. The highest BCUT2D eigenvalue weighted by Crippen LogP contribution is 2.15. The van der Waals surface area contributed by atoms with Gasteiger partial charge in [0, 0.05) is 6.42 Å². The van der Waals surface area contributed by atoms with Crippen LogP contribution < -0.4 is 0 Å². The highest BCUT2D eigenvalue weighted by atomic mass is 35.5. The van der Waals surface area contributed by atoms with Crippen LogP contribution in [-0.2, 0) is 12.3 Å². The molecule has 2 heterocycles. The van der Waals surface area contributed by atoms with E-state index in [0.29, 0.717) is 5.88 Å². The van der Waals surface area contributed by atoms with Crippen molar-refractivity contribution in [3.05, 3.63) is 10.8 Å². The zero-order chi connectivity index (χ0) is 8.55. The van der Waals surface area contributed by atoms with Gasteiger partial charge in [0.05, 0.1) is 5.88 Å². The number of aryl methyl sites for hydroxylation is 1. The van der Waals surface area contributed by atoms with Gasteiger partial charge in [-0.15, -0.1) is 21.8 Å². The lowest BCUT2D eigenvalue weighted by Gasteiger charge is -1.86. The summed E-state index contributed by atoms with van der Waals surface area (Å²) in [6.45, 7) is 2.02. The number of halogens is 1. The number of hydrogen-bond donors (Lipinski definition) is 0. The molecule has 0 aliphatic heterocycles. The molecule has 0 radical (unpaired) electrons. The lowest BCUT2D eigenvalue weighted by molar-refractivity contribution is 0.823. The first-order valence-corrected chi connectivity index (χ1v) is 4.96. The fourth-order valence-corrected chi connectivity index (χ4v) is 1.89. The van der Waals surface area contributed by atoms with Gasteiger partial charge in [-0.2, -0.15) is 9.61 Å². The summed E-state index contributed by atoms with van der Waals surface area (Å²) in [5.41, 5.74) is 0. The summed E-state index contributed by atoms with van der Waals surface area (Å²) in [7, 11) is 0. The number of aromatic nitrogens is 4. The quantitative estimate of drug-likeness (QED) is 0.693. The van der Waals surface area contributed by atoms with Crippen LogP contribution in [0.3, 0.4) is 0 Å². The maximum Gasteiger partial charge on any atom is 0.234 e. The Morgan fingerprint density at radius 3 is 3.00 bits per heavy atom. The molecule has 0 fully saturated rings. The van der Waals surface area contributed by atoms with E-state index in [4.69, 9.17) is 11.6 Å². The Morgan fingerprint density at radius 1 is 1.50 bits per heavy atom. The zero-order valence-electron chi connectivity index (χ0n) is 6.49. The normalized spacial score (nSPS) is 11.2. The topological polar surface area (TPSA) is 43.1 Å². The average molecular weight is 203 g/mol. The van der Waals surface area contributed by atoms with Gasteiger partial charge in [0.1, 0.15) is 5.01 Å². The summed E-state index contributed by atoms with van der Waals surface area (Å²) in [6, 6.07) is 0. The molecule has 6 heteroatoms. The molecule has 0 aromatic carbocycles. The first-order chi connectivity index (χ1) is 5.85. The predicted molar refractivity (Wildman–Crippen MR) is 47.6 cm³/mol. The molecule has 0 aliphatic rings. The maximum atomic E-state index is 5.64. The van der Waals surface area contributed by atoms with Gasteiger partial charge in [0.2, 0.25) is 4.96 Å². The number of alkyl halides is 1. The Morgan fingerprint density at radius 2 is 2.33 bits per heavy atom. The first kappa shape index (κ1) is 7.94. The number of rotatable bonds is 2. The van der Waals surface area contributed by atoms with E-state index in [2.05, 4.69) is 15.3 Å². The summed E-state index contributed by atoms with van der Waals surface area (Å²) in [6.07, 6.45) is 0.840. The molecule has 0 saturated carbocycles. The molecule has 0 spiro atoms. The molecule has 0 unspecified atom stereocenters. The molecule has 0 bridgehead atoms. The molecule has 2 aromatic heterocycles. The molecular weight excluding hydrogens is 196 g/mol. The van der Waals surface area contributed by atoms with Crippen LogP contribution in [0.25, 0.3) is 4.96 Å². The van der Waals surface area contributed by atoms with E-state index in [1.165, 1.54) is 11.3 Å². The fourth-order valence-electron chi connectivity index (χ4n) is 0.972. The minimum Gasteiger partial charge on any atom is -0.187 e. The van der Waals surface area contributed by atoms with Crippen LogP contribution in [0.5, 0.6) is 0 Å². The van der Waals surface area contributed by atoms with Gasteiger partial charge in [0.15, 0.2) is 5.82 Å². The van der Waals surface area contributed by atoms with Gasteiger partial charge in [-0.1, -0.05) is 18.3 Å². The molecule has 0 N–H and O–H groups in total. The summed E-state index contributed by atoms with van der Waals surface area (Å²) in [5.74, 6) is 1.33. The van der Waals surface area contributed by atoms with Crippen molar-refractivity contribution in [1.29, 1.82) is 0 Å². The van der Waals surface area contributed by atoms with Crippen molar-refractivity contribution in [3.8, 4) is 0 Å². The summed E-state index contributed by atoms with van der Waals surface area (Å²) in [4.78, 5) is 0.822. The molecule has 4 nitrogen and oxygen atoms in total. The van der Waals surface area contributed by atoms with Crippen LogP contribution in [0.4, 0.5) is 0 Å². The monoisotopic (exact) mass is 202 g/mol. The van der Waals surface area contributed by atoms with Crippen LogP contribution in [0.1, 0.15) is 17.8 Å². The summed E-state index contributed by atoms with van der Waals surface area (Å²) in [5, 5.41) is 13.1. The van der Waals surface area contributed by atoms with Crippen molar-refractivity contribution < 1.29 is 0 Å². The van der Waals surface area contributed by atoms with Crippen molar-refractivity contribution in [2.75, 3.05) is 0 Å². The second kappa shape index (κ2) is 2.99. The molecule has 0 aliphatic carbocycles. The van der Waals surface area contributed by atoms with Gasteiger partial charge >= 0.3 is 0 Å². The third kappa shape index (κ3) is 1.09. The zero-order valence-corrected chi connectivity index (χ0v) is 8.06. The van der Waals surface area contributed by atoms with E-state index in [1.54, 1.807) is 4.52 Å². The lowest BCUT2D eigenvalue weighted by Crippen LogP contribution is -1.93. The Bertz CT molecular complexity index is 393. The van der Waals surface area contributed by atoms with Crippen molar-refractivity contribution in [1.82, 2.24) is 19.8 Å². The Hall–Kier alpha value is -0.680. The van der Waals surface area contributed by atoms with Crippen molar-refractivity contribution in [2.24, 2.45) is 0 Å². The molecule has 2 rings (SSSR count). The van der Waals surface area contributed by atoms with Gasteiger partial charge in [-0.3, -0.25) is 0 Å².